The molecule has 64 valence electrons. The van der Waals surface area contributed by atoms with E-state index in [1.54, 1.807) is 18.2 Å². The van der Waals surface area contributed by atoms with Gasteiger partial charge < -0.3 is 9.84 Å². The summed E-state index contributed by atoms with van der Waals surface area (Å²) in [6.07, 6.45) is 0.620. The second-order valence-corrected chi connectivity index (χ2v) is 2.41. The van der Waals surface area contributed by atoms with Crippen molar-refractivity contribution in [2.24, 2.45) is 0 Å². The molecule has 0 radical (unpaired) electrons. The highest BCUT2D eigenvalue weighted by molar-refractivity contribution is 5.79. The van der Waals surface area contributed by atoms with E-state index in [0.29, 0.717) is 24.0 Å². The third-order valence-electron chi connectivity index (χ3n) is 1.58. The molecule has 1 rings (SSSR count). The quantitative estimate of drug-likeness (QED) is 0.689. The molecule has 0 aromatic heterocycles. The van der Waals surface area contributed by atoms with Gasteiger partial charge in [-0.1, -0.05) is 12.1 Å². The number of benzene rings is 1. The van der Waals surface area contributed by atoms with Crippen LogP contribution in [-0.4, -0.2) is 18.5 Å². The summed E-state index contributed by atoms with van der Waals surface area (Å²) in [7, 11) is 1.53. The second-order valence-electron chi connectivity index (χ2n) is 2.41. The molecule has 0 fully saturated rings. The van der Waals surface area contributed by atoms with Crippen LogP contribution in [0.3, 0.4) is 0 Å². The van der Waals surface area contributed by atoms with Gasteiger partial charge in [0.15, 0.2) is 6.29 Å². The summed E-state index contributed by atoms with van der Waals surface area (Å²) in [6.45, 7) is 0.313. The van der Waals surface area contributed by atoms with E-state index in [4.69, 9.17) is 4.74 Å². The highest BCUT2D eigenvalue weighted by Gasteiger charge is 2.04. The number of aldehydes is 1. The topological polar surface area (TPSA) is 46.5 Å². The Morgan fingerprint density at radius 1 is 1.58 bits per heavy atom. The van der Waals surface area contributed by atoms with Crippen LogP contribution in [0.25, 0.3) is 0 Å². The molecule has 0 saturated heterocycles. The van der Waals surface area contributed by atoms with Gasteiger partial charge in [0, 0.05) is 12.7 Å². The largest absolute Gasteiger partial charge is 0.507 e. The predicted molar refractivity (Wildman–Crippen MR) is 44.2 cm³/mol. The third-order valence-corrected chi connectivity index (χ3v) is 1.58. The molecule has 1 aromatic rings. The molecular formula is C9H10O3. The Morgan fingerprint density at radius 2 is 2.33 bits per heavy atom. The molecule has 0 amide bonds. The summed E-state index contributed by atoms with van der Waals surface area (Å²) in [4.78, 5) is 10.4. The van der Waals surface area contributed by atoms with Gasteiger partial charge in [0.1, 0.15) is 5.75 Å². The van der Waals surface area contributed by atoms with E-state index in [1.807, 2.05) is 0 Å². The Balaban J connectivity index is 3.04. The van der Waals surface area contributed by atoms with Crippen LogP contribution in [0.15, 0.2) is 18.2 Å². The second kappa shape index (κ2) is 3.88. The van der Waals surface area contributed by atoms with Gasteiger partial charge in [-0.25, -0.2) is 0 Å². The van der Waals surface area contributed by atoms with Crippen LogP contribution in [0.5, 0.6) is 5.75 Å². The first-order valence-electron chi connectivity index (χ1n) is 3.54. The number of rotatable bonds is 3. The standard InChI is InChI=1S/C9H10O3/c1-12-6-8-4-2-3-7(5-10)9(8)11/h2-5,11H,6H2,1H3. The Morgan fingerprint density at radius 3 is 2.92 bits per heavy atom. The first kappa shape index (κ1) is 8.74. The number of hydrogen-bond acceptors (Lipinski definition) is 3. The van der Waals surface area contributed by atoms with Gasteiger partial charge in [0.2, 0.25) is 0 Å². The SMILES string of the molecule is COCc1cccc(C=O)c1O. The monoisotopic (exact) mass is 166 g/mol. The van der Waals surface area contributed by atoms with Gasteiger partial charge in [0.25, 0.3) is 0 Å². The maximum atomic E-state index is 10.4. The number of methoxy groups -OCH3 is 1. The molecule has 0 atom stereocenters. The molecule has 0 saturated carbocycles. The Labute approximate surface area is 70.6 Å². The van der Waals surface area contributed by atoms with Crippen molar-refractivity contribution in [1.29, 1.82) is 0 Å². The van der Waals surface area contributed by atoms with Crippen molar-refractivity contribution in [2.75, 3.05) is 7.11 Å². The van der Waals surface area contributed by atoms with E-state index in [1.165, 1.54) is 7.11 Å². The van der Waals surface area contributed by atoms with E-state index in [2.05, 4.69) is 0 Å². The van der Waals surface area contributed by atoms with E-state index in [9.17, 15) is 9.90 Å². The summed E-state index contributed by atoms with van der Waals surface area (Å²) in [5, 5.41) is 9.41. The van der Waals surface area contributed by atoms with E-state index in [-0.39, 0.29) is 5.75 Å². The van der Waals surface area contributed by atoms with Gasteiger partial charge in [-0.3, -0.25) is 4.79 Å². The van der Waals surface area contributed by atoms with Gasteiger partial charge in [-0.15, -0.1) is 0 Å². The average Bonchev–Trinajstić information content (AvgIpc) is 2.09. The number of carbonyl (C=O) groups excluding carboxylic acids is 1. The minimum Gasteiger partial charge on any atom is -0.507 e. The van der Waals surface area contributed by atoms with Crippen molar-refractivity contribution in [1.82, 2.24) is 0 Å². The average molecular weight is 166 g/mol. The molecule has 0 heterocycles. The van der Waals surface area contributed by atoms with Crippen molar-refractivity contribution in [3.63, 3.8) is 0 Å². The van der Waals surface area contributed by atoms with Crippen molar-refractivity contribution in [3.05, 3.63) is 29.3 Å². The molecule has 12 heavy (non-hydrogen) atoms. The summed E-state index contributed by atoms with van der Waals surface area (Å²) in [6, 6.07) is 4.98. The zero-order chi connectivity index (χ0) is 8.97. The molecule has 0 unspecified atom stereocenters. The number of carbonyl (C=O) groups is 1. The van der Waals surface area contributed by atoms with Crippen LogP contribution in [-0.2, 0) is 11.3 Å². The highest BCUT2D eigenvalue weighted by atomic mass is 16.5. The molecule has 3 nitrogen and oxygen atoms in total. The normalized spacial score (nSPS) is 9.75. The number of para-hydroxylation sites is 1. The minimum atomic E-state index is 0.00866. The van der Waals surface area contributed by atoms with Gasteiger partial charge in [-0.2, -0.15) is 0 Å². The molecule has 0 bridgehead atoms. The van der Waals surface area contributed by atoms with Gasteiger partial charge in [-0.05, 0) is 6.07 Å². The molecule has 0 aliphatic carbocycles. The molecule has 3 heteroatoms. The summed E-state index contributed by atoms with van der Waals surface area (Å²) >= 11 is 0. The van der Waals surface area contributed by atoms with Crippen LogP contribution in [0.2, 0.25) is 0 Å². The summed E-state index contributed by atoms with van der Waals surface area (Å²) in [5.74, 6) is 0.00866. The maximum Gasteiger partial charge on any atom is 0.153 e. The van der Waals surface area contributed by atoms with Gasteiger partial charge >= 0.3 is 0 Å². The molecular weight excluding hydrogens is 156 g/mol. The zero-order valence-electron chi connectivity index (χ0n) is 6.78. The predicted octanol–water partition coefficient (Wildman–Crippen LogP) is 1.35. The van der Waals surface area contributed by atoms with Crippen LogP contribution >= 0.6 is 0 Å². The molecule has 0 aliphatic rings. The lowest BCUT2D eigenvalue weighted by Gasteiger charge is -2.03. The van der Waals surface area contributed by atoms with Crippen molar-refractivity contribution in [3.8, 4) is 5.75 Å². The number of phenols is 1. The van der Waals surface area contributed by atoms with E-state index < -0.39 is 0 Å². The third kappa shape index (κ3) is 1.62. The van der Waals surface area contributed by atoms with E-state index >= 15 is 0 Å². The van der Waals surface area contributed by atoms with Crippen molar-refractivity contribution < 1.29 is 14.6 Å². The number of aromatic hydroxyl groups is 1. The molecule has 1 N–H and O–H groups in total. The lowest BCUT2D eigenvalue weighted by Crippen LogP contribution is -1.91. The number of ether oxygens (including phenoxy) is 1. The fourth-order valence-corrected chi connectivity index (χ4v) is 0.978. The first-order chi connectivity index (χ1) is 5.79. The fraction of sp³-hybridized carbons (Fsp3) is 0.222. The first-order valence-corrected chi connectivity index (χ1v) is 3.54. The van der Waals surface area contributed by atoms with E-state index in [0.717, 1.165) is 0 Å². The Bertz CT molecular complexity index is 281. The van der Waals surface area contributed by atoms with Gasteiger partial charge in [0.05, 0.1) is 12.2 Å². The van der Waals surface area contributed by atoms with Crippen LogP contribution in [0.4, 0.5) is 0 Å². The molecule has 0 spiro atoms. The summed E-state index contributed by atoms with van der Waals surface area (Å²) < 4.78 is 4.83. The van der Waals surface area contributed by atoms with Crippen LogP contribution in [0.1, 0.15) is 15.9 Å². The Kier molecular flexibility index (Phi) is 2.82. The highest BCUT2D eigenvalue weighted by Crippen LogP contribution is 2.21. The smallest absolute Gasteiger partial charge is 0.153 e. The number of phenolic OH excluding ortho intramolecular Hbond substituents is 1. The maximum absolute atomic E-state index is 10.4. The summed E-state index contributed by atoms with van der Waals surface area (Å²) in [5.41, 5.74) is 0.923. The lowest BCUT2D eigenvalue weighted by atomic mass is 10.1. The lowest BCUT2D eigenvalue weighted by molar-refractivity contribution is 0.112. The fourth-order valence-electron chi connectivity index (χ4n) is 0.978. The van der Waals surface area contributed by atoms with Crippen LogP contribution in [0, 0.1) is 0 Å². The Hall–Kier alpha value is -1.35. The molecule has 0 aliphatic heterocycles. The minimum absolute atomic E-state index is 0.00866. The number of hydrogen-bond donors (Lipinski definition) is 1. The van der Waals surface area contributed by atoms with Crippen molar-refractivity contribution >= 4 is 6.29 Å². The molecule has 1 aromatic carbocycles. The van der Waals surface area contributed by atoms with Crippen LogP contribution < -0.4 is 0 Å². The van der Waals surface area contributed by atoms with Crippen molar-refractivity contribution in [2.45, 2.75) is 6.61 Å². The zero-order valence-corrected chi connectivity index (χ0v) is 6.78.